The van der Waals surface area contributed by atoms with Gasteiger partial charge < -0.3 is 14.4 Å². The van der Waals surface area contributed by atoms with Gasteiger partial charge in [-0.05, 0) is 12.3 Å². The van der Waals surface area contributed by atoms with E-state index in [2.05, 4.69) is 27.9 Å². The van der Waals surface area contributed by atoms with Gasteiger partial charge in [0, 0.05) is 29.4 Å². The average Bonchev–Trinajstić information content (AvgIpc) is 2.92. The van der Waals surface area contributed by atoms with Crippen LogP contribution in [0.2, 0.25) is 0 Å². The first-order valence-corrected chi connectivity index (χ1v) is 7.42. The molecule has 2 aromatic rings. The summed E-state index contributed by atoms with van der Waals surface area (Å²) in [6.07, 6.45) is 5.82. The maximum atomic E-state index is 8.68. The molecule has 0 aliphatic heterocycles. The number of rotatable bonds is 7. The second-order valence-corrected chi connectivity index (χ2v) is 4.83. The third kappa shape index (κ3) is 3.59. The summed E-state index contributed by atoms with van der Waals surface area (Å²) >= 11 is 1.72. The van der Waals surface area contributed by atoms with E-state index >= 15 is 0 Å². The van der Waals surface area contributed by atoms with E-state index in [1.165, 1.54) is 4.90 Å². The van der Waals surface area contributed by atoms with Crippen molar-refractivity contribution < 1.29 is 9.84 Å². The number of hydrogen-bond donors (Lipinski definition) is 1. The highest BCUT2D eigenvalue weighted by Crippen LogP contribution is 2.28. The highest BCUT2D eigenvalue weighted by Gasteiger charge is 2.09. The van der Waals surface area contributed by atoms with Crippen molar-refractivity contribution in [1.29, 1.82) is 0 Å². The monoisotopic (exact) mass is 278 g/mol. The van der Waals surface area contributed by atoms with Crippen LogP contribution in [0, 0.1) is 0 Å². The van der Waals surface area contributed by atoms with Gasteiger partial charge in [0.1, 0.15) is 5.82 Å². The van der Waals surface area contributed by atoms with Crippen LogP contribution in [-0.4, -0.2) is 40.7 Å². The van der Waals surface area contributed by atoms with Crippen molar-refractivity contribution in [1.82, 2.24) is 9.55 Å². The Morgan fingerprint density at radius 2 is 2.16 bits per heavy atom. The van der Waals surface area contributed by atoms with E-state index in [9.17, 15) is 0 Å². The molecule has 19 heavy (non-hydrogen) atoms. The number of ether oxygens (including phenoxy) is 1. The Kier molecular flexibility index (Phi) is 5.44. The molecule has 1 heterocycles. The summed E-state index contributed by atoms with van der Waals surface area (Å²) in [5.74, 6) is 0.956. The molecule has 1 N–H and O–H groups in total. The lowest BCUT2D eigenvalue weighted by Crippen LogP contribution is -2.09. The Hall–Kier alpha value is -1.30. The normalized spacial score (nSPS) is 10.8. The number of hydrogen-bond acceptors (Lipinski definition) is 4. The molecule has 4 nitrogen and oxygen atoms in total. The Morgan fingerprint density at radius 1 is 1.32 bits per heavy atom. The van der Waals surface area contributed by atoms with E-state index in [0.29, 0.717) is 13.2 Å². The molecular formula is C14H18N2O2S. The second-order valence-electron chi connectivity index (χ2n) is 3.98. The zero-order valence-corrected chi connectivity index (χ0v) is 11.8. The van der Waals surface area contributed by atoms with Crippen molar-refractivity contribution in [3.63, 3.8) is 0 Å². The number of benzene rings is 1. The van der Waals surface area contributed by atoms with Gasteiger partial charge in [0.05, 0.1) is 19.8 Å². The van der Waals surface area contributed by atoms with Gasteiger partial charge in [-0.3, -0.25) is 0 Å². The minimum Gasteiger partial charge on any atom is -0.394 e. The first-order chi connectivity index (χ1) is 9.36. The van der Waals surface area contributed by atoms with Crippen LogP contribution in [0.15, 0.2) is 41.6 Å². The topological polar surface area (TPSA) is 47.3 Å². The van der Waals surface area contributed by atoms with Crippen LogP contribution in [0.1, 0.15) is 0 Å². The predicted molar refractivity (Wildman–Crippen MR) is 77.3 cm³/mol. The van der Waals surface area contributed by atoms with Crippen molar-refractivity contribution in [3.8, 4) is 11.4 Å². The molecule has 0 aliphatic carbocycles. The van der Waals surface area contributed by atoms with E-state index in [1.54, 1.807) is 18.0 Å². The average molecular weight is 278 g/mol. The van der Waals surface area contributed by atoms with Gasteiger partial charge in [-0.1, -0.05) is 18.2 Å². The van der Waals surface area contributed by atoms with Gasteiger partial charge in [-0.2, -0.15) is 0 Å². The van der Waals surface area contributed by atoms with E-state index in [4.69, 9.17) is 9.84 Å². The SMILES string of the molecule is CSc1ccccc1-c1nccn1CCOCCO. The van der Waals surface area contributed by atoms with Crippen LogP contribution in [0.5, 0.6) is 0 Å². The van der Waals surface area contributed by atoms with Crippen LogP contribution in [0.3, 0.4) is 0 Å². The number of aliphatic hydroxyl groups excluding tert-OH is 1. The zero-order valence-electron chi connectivity index (χ0n) is 11.0. The van der Waals surface area contributed by atoms with E-state index in [-0.39, 0.29) is 6.61 Å². The molecule has 0 saturated carbocycles. The van der Waals surface area contributed by atoms with Crippen molar-refractivity contribution in [2.75, 3.05) is 26.1 Å². The van der Waals surface area contributed by atoms with Gasteiger partial charge in [0.25, 0.3) is 0 Å². The van der Waals surface area contributed by atoms with Gasteiger partial charge in [0.15, 0.2) is 0 Å². The third-order valence-electron chi connectivity index (χ3n) is 2.78. The standard InChI is InChI=1S/C14H18N2O2S/c1-19-13-5-3-2-4-12(13)14-15-6-7-16(14)8-10-18-11-9-17/h2-7,17H,8-11H2,1H3. The largest absolute Gasteiger partial charge is 0.394 e. The van der Waals surface area contributed by atoms with Crippen LogP contribution in [-0.2, 0) is 11.3 Å². The molecule has 0 amide bonds. The molecule has 1 aromatic heterocycles. The summed E-state index contributed by atoms with van der Waals surface area (Å²) in [7, 11) is 0. The summed E-state index contributed by atoms with van der Waals surface area (Å²) in [5, 5.41) is 8.68. The van der Waals surface area contributed by atoms with E-state index in [0.717, 1.165) is 17.9 Å². The molecule has 0 unspecified atom stereocenters. The van der Waals surface area contributed by atoms with Gasteiger partial charge in [-0.25, -0.2) is 4.98 Å². The quantitative estimate of drug-likeness (QED) is 0.623. The summed E-state index contributed by atoms with van der Waals surface area (Å²) in [5.41, 5.74) is 1.14. The molecule has 0 aliphatic rings. The number of nitrogens with zero attached hydrogens (tertiary/aromatic N) is 2. The van der Waals surface area contributed by atoms with Crippen molar-refractivity contribution in [3.05, 3.63) is 36.7 Å². The highest BCUT2D eigenvalue weighted by atomic mass is 32.2. The Labute approximate surface area is 117 Å². The number of imidazole rings is 1. The minimum absolute atomic E-state index is 0.0616. The second kappa shape index (κ2) is 7.33. The van der Waals surface area contributed by atoms with Crippen LogP contribution < -0.4 is 0 Å². The molecule has 0 saturated heterocycles. The molecule has 0 radical (unpaired) electrons. The van der Waals surface area contributed by atoms with Crippen LogP contribution >= 0.6 is 11.8 Å². The summed E-state index contributed by atoms with van der Waals surface area (Å²) in [4.78, 5) is 5.65. The van der Waals surface area contributed by atoms with Crippen LogP contribution in [0.25, 0.3) is 11.4 Å². The molecule has 5 heteroatoms. The minimum atomic E-state index is 0.0616. The lowest BCUT2D eigenvalue weighted by molar-refractivity contribution is 0.0872. The Bertz CT molecular complexity index is 514. The number of aromatic nitrogens is 2. The maximum absolute atomic E-state index is 8.68. The summed E-state index contributed by atoms with van der Waals surface area (Å²) in [6, 6.07) is 8.24. The van der Waals surface area contributed by atoms with Gasteiger partial charge in [0.2, 0.25) is 0 Å². The van der Waals surface area contributed by atoms with Crippen molar-refractivity contribution in [2.45, 2.75) is 11.4 Å². The van der Waals surface area contributed by atoms with E-state index in [1.807, 2.05) is 18.3 Å². The number of thioether (sulfide) groups is 1. The molecule has 0 bridgehead atoms. The first kappa shape index (κ1) is 14.1. The van der Waals surface area contributed by atoms with Gasteiger partial charge >= 0.3 is 0 Å². The third-order valence-corrected chi connectivity index (χ3v) is 3.57. The fourth-order valence-electron chi connectivity index (χ4n) is 1.89. The number of aliphatic hydroxyl groups is 1. The highest BCUT2D eigenvalue weighted by molar-refractivity contribution is 7.98. The fraction of sp³-hybridized carbons (Fsp3) is 0.357. The summed E-state index contributed by atoms with van der Waals surface area (Å²) < 4.78 is 7.38. The van der Waals surface area contributed by atoms with E-state index < -0.39 is 0 Å². The Balaban J connectivity index is 2.14. The predicted octanol–water partition coefficient (Wildman–Crippen LogP) is 2.28. The fourth-order valence-corrected chi connectivity index (χ4v) is 2.49. The molecule has 1 aromatic carbocycles. The zero-order chi connectivity index (χ0) is 13.5. The molecule has 0 atom stereocenters. The van der Waals surface area contributed by atoms with Crippen LogP contribution in [0.4, 0.5) is 0 Å². The smallest absolute Gasteiger partial charge is 0.141 e. The van der Waals surface area contributed by atoms with Crippen molar-refractivity contribution in [2.24, 2.45) is 0 Å². The first-order valence-electron chi connectivity index (χ1n) is 6.20. The summed E-state index contributed by atoms with van der Waals surface area (Å²) in [6.45, 7) is 1.75. The molecule has 0 spiro atoms. The maximum Gasteiger partial charge on any atom is 0.141 e. The molecule has 2 rings (SSSR count). The van der Waals surface area contributed by atoms with Crippen molar-refractivity contribution >= 4 is 11.8 Å². The Morgan fingerprint density at radius 3 is 2.95 bits per heavy atom. The molecular weight excluding hydrogens is 260 g/mol. The lowest BCUT2D eigenvalue weighted by Gasteiger charge is -2.10. The molecule has 102 valence electrons. The van der Waals surface area contributed by atoms with Gasteiger partial charge in [-0.15, -0.1) is 11.8 Å². The lowest BCUT2D eigenvalue weighted by atomic mass is 10.2. The molecule has 0 fully saturated rings.